The number of nitrogens with zero attached hydrogens (tertiary/aromatic N) is 1. The molecule has 3 atom stereocenters. The van der Waals surface area contributed by atoms with Crippen LogP contribution in [0.2, 0.25) is 36.3 Å². The lowest BCUT2D eigenvalue weighted by Gasteiger charge is -2.44. The van der Waals surface area contributed by atoms with Crippen molar-refractivity contribution >= 4 is 28.4 Å². The lowest BCUT2D eigenvalue weighted by molar-refractivity contribution is -0.129. The van der Waals surface area contributed by atoms with E-state index in [-0.39, 0.29) is 33.5 Å². The first-order valence-corrected chi connectivity index (χ1v) is 20.8. The van der Waals surface area contributed by atoms with Crippen LogP contribution in [-0.4, -0.2) is 63.7 Å². The van der Waals surface area contributed by atoms with Crippen molar-refractivity contribution in [2.24, 2.45) is 5.41 Å². The number of amides is 2. The molecule has 240 valence electrons. The van der Waals surface area contributed by atoms with Crippen molar-refractivity contribution in [3.8, 4) is 0 Å². The lowest BCUT2D eigenvalue weighted by Crippen LogP contribution is -2.59. The van der Waals surface area contributed by atoms with E-state index in [1.54, 1.807) is 0 Å². The summed E-state index contributed by atoms with van der Waals surface area (Å²) in [6.45, 7) is 31.5. The molecule has 1 aromatic rings. The molecule has 0 aliphatic carbocycles. The molecule has 6 nitrogen and oxygen atoms in total. The first kappa shape index (κ1) is 36.6. The maximum Gasteiger partial charge on any atom is 0.257 e. The number of hydrogen-bond acceptors (Lipinski definition) is 4. The summed E-state index contributed by atoms with van der Waals surface area (Å²) in [5.74, 6) is -2.80. The molecule has 0 aromatic heterocycles. The Labute approximate surface area is 255 Å². The van der Waals surface area contributed by atoms with E-state index in [1.165, 1.54) is 4.90 Å². The van der Waals surface area contributed by atoms with Gasteiger partial charge in [0, 0.05) is 18.2 Å². The highest BCUT2D eigenvalue weighted by molar-refractivity contribution is 6.74. The van der Waals surface area contributed by atoms with Crippen molar-refractivity contribution in [3.05, 3.63) is 35.4 Å². The second-order valence-electron chi connectivity index (χ2n) is 16.9. The predicted octanol–water partition coefficient (Wildman–Crippen LogP) is 7.90. The molecule has 1 heterocycles. The third-order valence-corrected chi connectivity index (χ3v) is 18.0. The highest BCUT2D eigenvalue weighted by Gasteiger charge is 2.55. The van der Waals surface area contributed by atoms with E-state index >= 15 is 0 Å². The SMILES string of the molecule is CC(C)(C)CC(C)(C)NC(=O)C1[C@H](O[Si](C)(C)C(C)(C)C)[C@@H](O[Si](C)(C)C(C)(C)C)CN1C(=O)c1ccc(F)cc1F. The monoisotopic (exact) mass is 626 g/mol. The molecule has 0 spiro atoms. The molecular formula is C32H56F2N2O4Si2. The van der Waals surface area contributed by atoms with Crippen LogP contribution in [0.4, 0.5) is 8.78 Å². The van der Waals surface area contributed by atoms with Gasteiger partial charge in [0.05, 0.1) is 11.7 Å². The minimum absolute atomic E-state index is 0.0548. The number of carbonyl (C=O) groups is 2. The van der Waals surface area contributed by atoms with Crippen LogP contribution in [0, 0.1) is 17.0 Å². The van der Waals surface area contributed by atoms with Crippen LogP contribution in [0.1, 0.15) is 92.9 Å². The van der Waals surface area contributed by atoms with E-state index in [0.29, 0.717) is 12.5 Å². The van der Waals surface area contributed by atoms with Gasteiger partial charge in [-0.05, 0) is 74.1 Å². The van der Waals surface area contributed by atoms with Gasteiger partial charge < -0.3 is 19.1 Å². The Morgan fingerprint density at radius 2 is 1.38 bits per heavy atom. The van der Waals surface area contributed by atoms with E-state index in [1.807, 2.05) is 13.8 Å². The molecule has 1 saturated heterocycles. The number of halogens is 2. The van der Waals surface area contributed by atoms with Crippen molar-refractivity contribution in [1.29, 1.82) is 0 Å². The van der Waals surface area contributed by atoms with E-state index in [0.717, 1.165) is 12.1 Å². The summed E-state index contributed by atoms with van der Waals surface area (Å²) in [5.41, 5.74) is -0.947. The van der Waals surface area contributed by atoms with Crippen LogP contribution in [0.5, 0.6) is 0 Å². The van der Waals surface area contributed by atoms with Gasteiger partial charge in [0.2, 0.25) is 5.91 Å². The van der Waals surface area contributed by atoms with Crippen LogP contribution in [0.3, 0.4) is 0 Å². The molecule has 10 heteroatoms. The fraction of sp³-hybridized carbons (Fsp3) is 0.750. The summed E-state index contributed by atoms with van der Waals surface area (Å²) >= 11 is 0. The lowest BCUT2D eigenvalue weighted by atomic mass is 9.81. The van der Waals surface area contributed by atoms with Crippen LogP contribution in [0.15, 0.2) is 18.2 Å². The predicted molar refractivity (Wildman–Crippen MR) is 172 cm³/mol. The molecule has 1 fully saturated rings. The molecule has 1 unspecified atom stereocenters. The number of hydrogen-bond donors (Lipinski definition) is 1. The highest BCUT2D eigenvalue weighted by Crippen LogP contribution is 2.43. The van der Waals surface area contributed by atoms with E-state index in [9.17, 15) is 18.4 Å². The Balaban J connectivity index is 2.72. The van der Waals surface area contributed by atoms with E-state index < -0.39 is 58.0 Å². The Morgan fingerprint density at radius 3 is 1.83 bits per heavy atom. The van der Waals surface area contributed by atoms with Crippen molar-refractivity contribution in [3.63, 3.8) is 0 Å². The average molecular weight is 627 g/mol. The van der Waals surface area contributed by atoms with Crippen molar-refractivity contribution < 1.29 is 27.2 Å². The van der Waals surface area contributed by atoms with Crippen LogP contribution in [0.25, 0.3) is 0 Å². The standard InChI is InChI=1S/C32H56F2N2O4Si2/c1-29(2,3)20-32(10,11)35-27(37)25-26(40-42(14,15)31(7,8)9)24(39-41(12,13)30(4,5)6)19-36(25)28(38)22-17-16-21(33)18-23(22)34/h16-18,24-26H,19-20H2,1-15H3,(H,35,37)/t24-,25?,26+/m0/s1. The van der Waals surface area contributed by atoms with Crippen molar-refractivity contribution in [1.82, 2.24) is 10.2 Å². The van der Waals surface area contributed by atoms with Gasteiger partial charge in [-0.15, -0.1) is 0 Å². The molecular weight excluding hydrogens is 571 g/mol. The molecule has 0 bridgehead atoms. The fourth-order valence-corrected chi connectivity index (χ4v) is 7.84. The normalized spacial score (nSPS) is 21.1. The maximum absolute atomic E-state index is 15.0. The van der Waals surface area contributed by atoms with Crippen LogP contribution < -0.4 is 5.32 Å². The van der Waals surface area contributed by atoms with Gasteiger partial charge in [-0.2, -0.15) is 0 Å². The second kappa shape index (κ2) is 12.0. The molecule has 2 amide bonds. The number of benzene rings is 1. The Morgan fingerprint density at radius 1 is 0.881 bits per heavy atom. The number of carbonyl (C=O) groups excluding carboxylic acids is 2. The third kappa shape index (κ3) is 8.73. The molecule has 0 radical (unpaired) electrons. The topological polar surface area (TPSA) is 67.9 Å². The Hall–Kier alpha value is -1.63. The summed E-state index contributed by atoms with van der Waals surface area (Å²) in [4.78, 5) is 29.7. The van der Waals surface area contributed by atoms with Crippen molar-refractivity contribution in [2.45, 2.75) is 143 Å². The van der Waals surface area contributed by atoms with Gasteiger partial charge in [0.1, 0.15) is 23.8 Å². The van der Waals surface area contributed by atoms with Gasteiger partial charge in [-0.1, -0.05) is 62.3 Å². The van der Waals surface area contributed by atoms with Crippen LogP contribution >= 0.6 is 0 Å². The first-order valence-electron chi connectivity index (χ1n) is 15.0. The average Bonchev–Trinajstić information content (AvgIpc) is 3.06. The summed E-state index contributed by atoms with van der Waals surface area (Å²) in [7, 11) is -4.88. The minimum Gasteiger partial charge on any atom is -0.409 e. The summed E-state index contributed by atoms with van der Waals surface area (Å²) in [5, 5.41) is 2.87. The van der Waals surface area contributed by atoms with E-state index in [4.69, 9.17) is 8.85 Å². The largest absolute Gasteiger partial charge is 0.409 e. The first-order chi connectivity index (χ1) is 18.6. The number of likely N-dealkylation sites (tertiary alicyclic amines) is 1. The zero-order chi connectivity index (χ0) is 32.9. The number of nitrogens with one attached hydrogen (secondary N) is 1. The molecule has 42 heavy (non-hydrogen) atoms. The van der Waals surface area contributed by atoms with Crippen molar-refractivity contribution in [2.75, 3.05) is 6.54 Å². The minimum atomic E-state index is -2.49. The zero-order valence-corrected chi connectivity index (χ0v) is 30.7. The molecule has 1 aromatic carbocycles. The van der Waals surface area contributed by atoms with E-state index in [2.05, 4.69) is 93.8 Å². The van der Waals surface area contributed by atoms with Gasteiger partial charge in [-0.3, -0.25) is 9.59 Å². The smallest absolute Gasteiger partial charge is 0.257 e. The van der Waals surface area contributed by atoms with Crippen LogP contribution in [-0.2, 0) is 13.6 Å². The van der Waals surface area contributed by atoms with Gasteiger partial charge >= 0.3 is 0 Å². The highest BCUT2D eigenvalue weighted by atomic mass is 28.4. The summed E-state index contributed by atoms with van der Waals surface area (Å²) < 4.78 is 42.6. The fourth-order valence-electron chi connectivity index (χ4n) is 5.20. The van der Waals surface area contributed by atoms with Gasteiger partial charge in [0.25, 0.3) is 5.91 Å². The molecule has 0 saturated carbocycles. The summed E-state index contributed by atoms with van der Waals surface area (Å²) in [6, 6.07) is 1.82. The maximum atomic E-state index is 15.0. The molecule has 1 aliphatic rings. The Bertz CT molecular complexity index is 1150. The molecule has 1 N–H and O–H groups in total. The quantitative estimate of drug-likeness (QED) is 0.298. The molecule has 2 rings (SSSR count). The Kier molecular flexibility index (Phi) is 10.5. The number of rotatable bonds is 8. The molecule has 1 aliphatic heterocycles. The second-order valence-corrected chi connectivity index (χ2v) is 26.4. The third-order valence-electron chi connectivity index (χ3n) is 9.00. The van der Waals surface area contributed by atoms with Gasteiger partial charge in [-0.25, -0.2) is 8.78 Å². The summed E-state index contributed by atoms with van der Waals surface area (Å²) in [6.07, 6.45) is -0.678. The zero-order valence-electron chi connectivity index (χ0n) is 28.7. The van der Waals surface area contributed by atoms with Gasteiger partial charge in [0.15, 0.2) is 16.6 Å².